The van der Waals surface area contributed by atoms with Crippen molar-refractivity contribution in [3.05, 3.63) is 41.7 Å². The molecule has 2 heteroatoms. The van der Waals surface area contributed by atoms with E-state index < -0.39 is 0 Å². The van der Waals surface area contributed by atoms with Crippen LogP contribution in [-0.4, -0.2) is 13.1 Å². The van der Waals surface area contributed by atoms with E-state index >= 15 is 0 Å². The lowest BCUT2D eigenvalue weighted by Gasteiger charge is -2.25. The zero-order valence-electron chi connectivity index (χ0n) is 8.04. The zero-order chi connectivity index (χ0) is 9.80. The molecule has 1 aromatic carbocycles. The molecule has 1 heterocycles. The number of rotatable bonds is 3. The van der Waals surface area contributed by atoms with E-state index in [1.807, 2.05) is 0 Å². The maximum atomic E-state index is 12.6. The number of hydrogen-bond donors (Lipinski definition) is 1. The van der Waals surface area contributed by atoms with Crippen molar-refractivity contribution in [2.24, 2.45) is 5.92 Å². The average molecular weight is 191 g/mol. The van der Waals surface area contributed by atoms with E-state index in [-0.39, 0.29) is 5.82 Å². The van der Waals surface area contributed by atoms with Crippen LogP contribution in [0.3, 0.4) is 0 Å². The van der Waals surface area contributed by atoms with Crippen molar-refractivity contribution in [2.75, 3.05) is 13.1 Å². The largest absolute Gasteiger partial charge is 0.316 e. The molecule has 1 saturated heterocycles. The summed E-state index contributed by atoms with van der Waals surface area (Å²) in [5, 5.41) is 3.23. The smallest absolute Gasteiger partial charge is 0.123 e. The van der Waals surface area contributed by atoms with Gasteiger partial charge in [-0.05, 0) is 43.1 Å². The van der Waals surface area contributed by atoms with Gasteiger partial charge in [0.15, 0.2) is 0 Å². The first-order valence-corrected chi connectivity index (χ1v) is 4.97. The fourth-order valence-electron chi connectivity index (χ4n) is 1.49. The highest BCUT2D eigenvalue weighted by molar-refractivity contribution is 5.48. The highest BCUT2D eigenvalue weighted by atomic mass is 19.1. The molecule has 0 atom stereocenters. The van der Waals surface area contributed by atoms with Crippen molar-refractivity contribution in [1.29, 1.82) is 0 Å². The summed E-state index contributed by atoms with van der Waals surface area (Å²) < 4.78 is 12.6. The molecule has 0 aromatic heterocycles. The van der Waals surface area contributed by atoms with Crippen molar-refractivity contribution in [1.82, 2.24) is 5.32 Å². The van der Waals surface area contributed by atoms with Crippen LogP contribution < -0.4 is 5.32 Å². The first kappa shape index (κ1) is 9.41. The summed E-state index contributed by atoms with van der Waals surface area (Å²) in [5.41, 5.74) is 1.07. The second-order valence-electron chi connectivity index (χ2n) is 3.71. The zero-order valence-corrected chi connectivity index (χ0v) is 8.04. The quantitative estimate of drug-likeness (QED) is 0.773. The minimum absolute atomic E-state index is 0.176. The minimum Gasteiger partial charge on any atom is -0.316 e. The maximum absolute atomic E-state index is 12.6. The highest BCUT2D eigenvalue weighted by Gasteiger charge is 2.13. The van der Waals surface area contributed by atoms with Crippen LogP contribution in [0.5, 0.6) is 0 Å². The van der Waals surface area contributed by atoms with Crippen LogP contribution in [0.25, 0.3) is 6.08 Å². The molecule has 0 unspecified atom stereocenters. The number of hydrogen-bond acceptors (Lipinski definition) is 1. The van der Waals surface area contributed by atoms with E-state index in [0.29, 0.717) is 0 Å². The van der Waals surface area contributed by atoms with E-state index in [2.05, 4.69) is 17.5 Å². The summed E-state index contributed by atoms with van der Waals surface area (Å²) in [6, 6.07) is 6.57. The summed E-state index contributed by atoms with van der Waals surface area (Å²) in [6.07, 6.45) is 5.33. The summed E-state index contributed by atoms with van der Waals surface area (Å²) >= 11 is 0. The van der Waals surface area contributed by atoms with Crippen LogP contribution in [0.2, 0.25) is 0 Å². The predicted octanol–water partition coefficient (Wildman–Crippen LogP) is 2.45. The molecule has 1 N–H and O–H groups in total. The van der Waals surface area contributed by atoms with Crippen LogP contribution in [0, 0.1) is 11.7 Å². The molecule has 1 nitrogen and oxygen atoms in total. The van der Waals surface area contributed by atoms with Crippen molar-refractivity contribution in [3.63, 3.8) is 0 Å². The molecule has 1 aliphatic rings. The van der Waals surface area contributed by atoms with Gasteiger partial charge in [-0.2, -0.15) is 0 Å². The van der Waals surface area contributed by atoms with Gasteiger partial charge in [0.25, 0.3) is 0 Å². The first-order chi connectivity index (χ1) is 6.84. The van der Waals surface area contributed by atoms with E-state index in [1.54, 1.807) is 12.1 Å². The number of benzene rings is 1. The Bertz CT molecular complexity index is 312. The highest BCUT2D eigenvalue weighted by Crippen LogP contribution is 2.11. The summed E-state index contributed by atoms with van der Waals surface area (Å²) in [4.78, 5) is 0. The lowest BCUT2D eigenvalue weighted by Crippen LogP contribution is -2.41. The summed E-state index contributed by atoms with van der Waals surface area (Å²) in [7, 11) is 0. The second kappa shape index (κ2) is 4.38. The summed E-state index contributed by atoms with van der Waals surface area (Å²) in [5.74, 6) is 0.622. The topological polar surface area (TPSA) is 12.0 Å². The van der Waals surface area contributed by atoms with Gasteiger partial charge >= 0.3 is 0 Å². The Hall–Kier alpha value is -1.15. The van der Waals surface area contributed by atoms with Gasteiger partial charge in [0.1, 0.15) is 5.82 Å². The Morgan fingerprint density at radius 1 is 1.29 bits per heavy atom. The average Bonchev–Trinajstić information content (AvgIpc) is 2.12. The monoisotopic (exact) mass is 191 g/mol. The van der Waals surface area contributed by atoms with Gasteiger partial charge in [-0.15, -0.1) is 0 Å². The molecule has 14 heavy (non-hydrogen) atoms. The third kappa shape index (κ3) is 2.42. The molecule has 0 bridgehead atoms. The Labute approximate surface area is 83.6 Å². The predicted molar refractivity (Wildman–Crippen MR) is 56.4 cm³/mol. The van der Waals surface area contributed by atoms with Gasteiger partial charge in [-0.25, -0.2) is 4.39 Å². The number of nitrogens with one attached hydrogen (secondary N) is 1. The summed E-state index contributed by atoms with van der Waals surface area (Å²) in [6.45, 7) is 2.27. The van der Waals surface area contributed by atoms with Crippen LogP contribution in [0.15, 0.2) is 30.3 Å². The normalized spacial score (nSPS) is 17.2. The van der Waals surface area contributed by atoms with Crippen LogP contribution in [0.4, 0.5) is 4.39 Å². The molecule has 74 valence electrons. The van der Waals surface area contributed by atoms with Gasteiger partial charge in [-0.3, -0.25) is 0 Å². The molecule has 0 spiro atoms. The standard InChI is InChI=1S/C12H14FN/c13-12-6-4-10(5-7-12)2-1-3-11-8-14-9-11/h1-2,4-7,11,14H,3,8-9H2/b2-1+. The Morgan fingerprint density at radius 3 is 2.57 bits per heavy atom. The van der Waals surface area contributed by atoms with Crippen LogP contribution in [0.1, 0.15) is 12.0 Å². The van der Waals surface area contributed by atoms with Crippen LogP contribution >= 0.6 is 0 Å². The second-order valence-corrected chi connectivity index (χ2v) is 3.71. The van der Waals surface area contributed by atoms with Crippen molar-refractivity contribution >= 4 is 6.08 Å². The SMILES string of the molecule is Fc1ccc(/C=C/CC2CNC2)cc1. The maximum Gasteiger partial charge on any atom is 0.123 e. The van der Waals surface area contributed by atoms with Gasteiger partial charge in [0.05, 0.1) is 0 Å². The molecule has 0 radical (unpaired) electrons. The molecule has 1 aliphatic heterocycles. The van der Waals surface area contributed by atoms with E-state index in [4.69, 9.17) is 0 Å². The molecular weight excluding hydrogens is 177 g/mol. The van der Waals surface area contributed by atoms with Crippen molar-refractivity contribution < 1.29 is 4.39 Å². The van der Waals surface area contributed by atoms with E-state index in [9.17, 15) is 4.39 Å². The number of allylic oxidation sites excluding steroid dienone is 1. The Kier molecular flexibility index (Phi) is 2.94. The first-order valence-electron chi connectivity index (χ1n) is 4.97. The molecule has 1 fully saturated rings. The molecular formula is C12H14FN. The molecule has 2 rings (SSSR count). The van der Waals surface area contributed by atoms with Crippen molar-refractivity contribution in [2.45, 2.75) is 6.42 Å². The fraction of sp³-hybridized carbons (Fsp3) is 0.333. The lowest BCUT2D eigenvalue weighted by molar-refractivity contribution is 0.352. The van der Waals surface area contributed by atoms with Crippen LogP contribution in [-0.2, 0) is 0 Å². The number of halogens is 1. The van der Waals surface area contributed by atoms with Gasteiger partial charge in [-0.1, -0.05) is 24.3 Å². The fourth-order valence-corrected chi connectivity index (χ4v) is 1.49. The Morgan fingerprint density at radius 2 is 2.00 bits per heavy atom. The molecule has 0 amide bonds. The molecule has 1 aromatic rings. The third-order valence-corrected chi connectivity index (χ3v) is 2.52. The van der Waals surface area contributed by atoms with Gasteiger partial charge < -0.3 is 5.32 Å². The van der Waals surface area contributed by atoms with Crippen molar-refractivity contribution in [3.8, 4) is 0 Å². The molecule has 0 aliphatic carbocycles. The molecule has 0 saturated carbocycles. The van der Waals surface area contributed by atoms with Gasteiger partial charge in [0.2, 0.25) is 0 Å². The third-order valence-electron chi connectivity index (χ3n) is 2.52. The van der Waals surface area contributed by atoms with E-state index in [0.717, 1.165) is 31.0 Å². The van der Waals surface area contributed by atoms with E-state index in [1.165, 1.54) is 12.1 Å². The Balaban J connectivity index is 1.86. The van der Waals surface area contributed by atoms with Gasteiger partial charge in [0, 0.05) is 0 Å². The lowest BCUT2D eigenvalue weighted by atomic mass is 9.99. The minimum atomic E-state index is -0.176.